The number of amides is 3. The van der Waals surface area contributed by atoms with Crippen molar-refractivity contribution in [1.82, 2.24) is 14.7 Å². The Labute approximate surface area is 214 Å². The highest BCUT2D eigenvalue weighted by Crippen LogP contribution is 2.71. The third-order valence-electron chi connectivity index (χ3n) is 8.74. The lowest BCUT2D eigenvalue weighted by Crippen LogP contribution is -2.57. The summed E-state index contributed by atoms with van der Waals surface area (Å²) in [7, 11) is 1.76. The number of carbonyl (C=O) groups is 3. The van der Waals surface area contributed by atoms with Gasteiger partial charge in [0, 0.05) is 44.1 Å². The van der Waals surface area contributed by atoms with Crippen molar-refractivity contribution in [2.75, 3.05) is 33.3 Å². The fraction of sp³-hybridized carbons (Fsp3) is 0.741. The van der Waals surface area contributed by atoms with Crippen LogP contribution in [0.3, 0.4) is 0 Å². The summed E-state index contributed by atoms with van der Waals surface area (Å²) in [6.07, 6.45) is 10.8. The lowest BCUT2D eigenvalue weighted by molar-refractivity contribution is -0.145. The van der Waals surface area contributed by atoms with Gasteiger partial charge in [0.15, 0.2) is 0 Å². The summed E-state index contributed by atoms with van der Waals surface area (Å²) < 4.78 is -0.982. The van der Waals surface area contributed by atoms with E-state index in [4.69, 9.17) is 0 Å². The van der Waals surface area contributed by atoms with Gasteiger partial charge in [0.25, 0.3) is 0 Å². The molecule has 8 heteroatoms. The number of rotatable bonds is 10. The van der Waals surface area contributed by atoms with E-state index >= 15 is 0 Å². The Balaban J connectivity index is 1.74. The molecule has 0 radical (unpaired) electrons. The maximum Gasteiger partial charge on any atom is 0.247 e. The first-order chi connectivity index (χ1) is 16.8. The first-order valence-corrected chi connectivity index (χ1v) is 14.0. The van der Waals surface area contributed by atoms with E-state index in [1.165, 1.54) is 6.42 Å². The molecule has 0 aromatic rings. The van der Waals surface area contributed by atoms with Gasteiger partial charge >= 0.3 is 0 Å². The zero-order chi connectivity index (χ0) is 25.4. The van der Waals surface area contributed by atoms with E-state index in [-0.39, 0.29) is 35.1 Å². The lowest BCUT2D eigenvalue weighted by Gasteiger charge is -2.41. The van der Waals surface area contributed by atoms with Gasteiger partial charge in [-0.1, -0.05) is 31.4 Å². The van der Waals surface area contributed by atoms with Crippen molar-refractivity contribution in [3.63, 3.8) is 0 Å². The molecule has 1 N–H and O–H groups in total. The van der Waals surface area contributed by atoms with Gasteiger partial charge in [0.05, 0.1) is 16.6 Å². The van der Waals surface area contributed by atoms with Crippen LogP contribution in [-0.4, -0.2) is 92.4 Å². The van der Waals surface area contributed by atoms with Crippen LogP contribution >= 0.6 is 11.8 Å². The molecule has 3 saturated heterocycles. The van der Waals surface area contributed by atoms with Gasteiger partial charge in [-0.3, -0.25) is 14.4 Å². The van der Waals surface area contributed by atoms with Crippen LogP contribution in [0.5, 0.6) is 0 Å². The molecule has 0 aromatic carbocycles. The van der Waals surface area contributed by atoms with Gasteiger partial charge in [-0.15, -0.1) is 24.9 Å². The number of likely N-dealkylation sites (N-methyl/N-ethyl adjacent to an activating group) is 1. The highest BCUT2D eigenvalue weighted by atomic mass is 32.2. The van der Waals surface area contributed by atoms with Crippen LogP contribution in [-0.2, 0) is 14.4 Å². The minimum atomic E-state index is -0.609. The average molecular weight is 504 g/mol. The van der Waals surface area contributed by atoms with Crippen molar-refractivity contribution in [2.45, 2.75) is 79.9 Å². The van der Waals surface area contributed by atoms with Crippen LogP contribution in [0.2, 0.25) is 0 Å². The van der Waals surface area contributed by atoms with E-state index in [0.717, 1.165) is 38.5 Å². The summed E-state index contributed by atoms with van der Waals surface area (Å²) in [6, 6.07) is -0.447. The fourth-order valence-corrected chi connectivity index (χ4v) is 9.54. The van der Waals surface area contributed by atoms with Gasteiger partial charge in [-0.2, -0.15) is 0 Å². The third-order valence-corrected chi connectivity index (χ3v) is 10.7. The first kappa shape index (κ1) is 26.3. The summed E-state index contributed by atoms with van der Waals surface area (Å²) in [5.41, 5.74) is 0. The Morgan fingerprint density at radius 2 is 1.83 bits per heavy atom. The minimum absolute atomic E-state index is 0.00474. The normalized spacial score (nSPS) is 34.1. The van der Waals surface area contributed by atoms with E-state index in [1.54, 1.807) is 40.8 Å². The zero-order valence-corrected chi connectivity index (χ0v) is 22.1. The molecule has 2 unspecified atom stereocenters. The molecule has 35 heavy (non-hydrogen) atoms. The Bertz CT molecular complexity index is 874. The Hall–Kier alpha value is -1.80. The van der Waals surface area contributed by atoms with E-state index in [9.17, 15) is 19.5 Å². The van der Waals surface area contributed by atoms with Crippen LogP contribution < -0.4 is 0 Å². The Kier molecular flexibility index (Phi) is 7.72. The van der Waals surface area contributed by atoms with Crippen LogP contribution in [0.25, 0.3) is 0 Å². The van der Waals surface area contributed by atoms with Crippen molar-refractivity contribution < 1.29 is 19.5 Å². The summed E-state index contributed by atoms with van der Waals surface area (Å²) in [5, 5.41) is 9.56. The number of likely N-dealkylation sites (tertiary alicyclic amines) is 1. The molecule has 4 aliphatic rings. The molecule has 1 spiro atoms. The predicted octanol–water partition coefficient (Wildman–Crippen LogP) is 2.84. The van der Waals surface area contributed by atoms with Gasteiger partial charge in [0.2, 0.25) is 17.7 Å². The highest BCUT2D eigenvalue weighted by molar-refractivity contribution is 8.02. The second-order valence-corrected chi connectivity index (χ2v) is 12.8. The van der Waals surface area contributed by atoms with Crippen LogP contribution in [0.15, 0.2) is 25.3 Å². The maximum atomic E-state index is 14.4. The van der Waals surface area contributed by atoms with Crippen molar-refractivity contribution in [3.05, 3.63) is 25.3 Å². The zero-order valence-electron chi connectivity index (χ0n) is 21.3. The van der Waals surface area contributed by atoms with E-state index in [0.29, 0.717) is 26.1 Å². The number of hydrogen-bond donors (Lipinski definition) is 1. The van der Waals surface area contributed by atoms with Crippen LogP contribution in [0.1, 0.15) is 58.3 Å². The van der Waals surface area contributed by atoms with Crippen LogP contribution in [0, 0.1) is 11.8 Å². The lowest BCUT2D eigenvalue weighted by atomic mass is 9.66. The standard InChI is InChI=1S/C27H41N3O4S/c1-5-15-28(4)23(32)20-21-24(33)30(17-10-18-31)22(27(21)14-13-26(20,3)35-27)25(34)29(16-6-2)19-11-8-7-9-12-19/h5-6,19-22,31H,1-2,7-18H2,3-4H3/t20-,21-,22?,26+,27?/m0/s1. The summed E-state index contributed by atoms with van der Waals surface area (Å²) >= 11 is 1.71. The third kappa shape index (κ3) is 4.24. The topological polar surface area (TPSA) is 81.2 Å². The number of fused-ring (bicyclic) bond motifs is 1. The number of nitrogens with zero attached hydrogens (tertiary/aromatic N) is 3. The second-order valence-electron chi connectivity index (χ2n) is 10.9. The van der Waals surface area contributed by atoms with E-state index < -0.39 is 22.6 Å². The number of thioether (sulfide) groups is 1. The maximum absolute atomic E-state index is 14.4. The SMILES string of the molecule is C=CCN(C)C(=O)[C@@H]1[C@H]2C(=O)N(CCCO)C(C(=O)N(CC=C)C3CCCCC3)C23CC[C@@]1(C)S3. The average Bonchev–Trinajstić information content (AvgIpc) is 3.41. The molecule has 7 nitrogen and oxygen atoms in total. The molecule has 3 heterocycles. The monoisotopic (exact) mass is 503 g/mol. The van der Waals surface area contributed by atoms with Gasteiger partial charge in [-0.25, -0.2) is 0 Å². The smallest absolute Gasteiger partial charge is 0.247 e. The Morgan fingerprint density at radius 3 is 2.46 bits per heavy atom. The molecular formula is C27H41N3O4S. The molecule has 3 amide bonds. The molecule has 3 aliphatic heterocycles. The second kappa shape index (κ2) is 10.3. The quantitative estimate of drug-likeness (QED) is 0.464. The van der Waals surface area contributed by atoms with Crippen molar-refractivity contribution in [1.29, 1.82) is 0 Å². The summed E-state index contributed by atoms with van der Waals surface area (Å²) in [6.45, 7) is 11.0. The summed E-state index contributed by atoms with van der Waals surface area (Å²) in [4.78, 5) is 47.4. The molecule has 2 bridgehead atoms. The predicted molar refractivity (Wildman–Crippen MR) is 139 cm³/mol. The van der Waals surface area contributed by atoms with Crippen molar-refractivity contribution >= 4 is 29.5 Å². The molecule has 5 atom stereocenters. The molecule has 0 aromatic heterocycles. The summed E-state index contributed by atoms with van der Waals surface area (Å²) in [5.74, 6) is -1.12. The van der Waals surface area contributed by atoms with Crippen molar-refractivity contribution in [3.8, 4) is 0 Å². The molecule has 4 fully saturated rings. The first-order valence-electron chi connectivity index (χ1n) is 13.1. The van der Waals surface area contributed by atoms with E-state index in [2.05, 4.69) is 20.1 Å². The Morgan fingerprint density at radius 1 is 1.14 bits per heavy atom. The molecule has 1 saturated carbocycles. The number of hydrogen-bond acceptors (Lipinski definition) is 5. The minimum Gasteiger partial charge on any atom is -0.396 e. The fourth-order valence-electron chi connectivity index (χ4n) is 7.19. The van der Waals surface area contributed by atoms with E-state index in [1.807, 2.05) is 4.90 Å². The number of aliphatic hydroxyl groups excluding tert-OH is 1. The number of carbonyl (C=O) groups excluding carboxylic acids is 3. The molecule has 1 aliphatic carbocycles. The highest BCUT2D eigenvalue weighted by Gasteiger charge is 2.77. The van der Waals surface area contributed by atoms with Crippen LogP contribution in [0.4, 0.5) is 0 Å². The van der Waals surface area contributed by atoms with Gasteiger partial charge in [-0.05, 0) is 39.0 Å². The number of aliphatic hydroxyl groups is 1. The molecule has 4 rings (SSSR count). The molecular weight excluding hydrogens is 462 g/mol. The van der Waals surface area contributed by atoms with Gasteiger partial charge < -0.3 is 19.8 Å². The largest absolute Gasteiger partial charge is 0.396 e. The molecule has 194 valence electrons. The van der Waals surface area contributed by atoms with Crippen molar-refractivity contribution in [2.24, 2.45) is 11.8 Å². The van der Waals surface area contributed by atoms with Gasteiger partial charge in [0.1, 0.15) is 6.04 Å².